The van der Waals surface area contributed by atoms with Crippen LogP contribution in [0.3, 0.4) is 0 Å². The Morgan fingerprint density at radius 1 is 0.846 bits per heavy atom. The first-order valence-electron chi connectivity index (χ1n) is 12.2. The number of nitrogens with zero attached hydrogens (tertiary/aromatic N) is 3. The Morgan fingerprint density at radius 2 is 1.31 bits per heavy atom. The predicted molar refractivity (Wildman–Crippen MR) is 147 cm³/mol. The van der Waals surface area contributed by atoms with E-state index in [4.69, 9.17) is 0 Å². The van der Waals surface area contributed by atoms with Gasteiger partial charge in [-0.05, 0) is 66.6 Å². The van der Waals surface area contributed by atoms with Gasteiger partial charge in [-0.2, -0.15) is 0 Å². The van der Waals surface area contributed by atoms with Gasteiger partial charge in [-0.1, -0.05) is 30.3 Å². The van der Waals surface area contributed by atoms with E-state index in [1.165, 1.54) is 24.3 Å². The van der Waals surface area contributed by atoms with E-state index in [1.807, 2.05) is 30.3 Å². The van der Waals surface area contributed by atoms with Gasteiger partial charge < -0.3 is 10.2 Å². The van der Waals surface area contributed by atoms with Gasteiger partial charge in [0.25, 0.3) is 11.4 Å². The maximum absolute atomic E-state index is 13.6. The molecule has 0 radical (unpaired) electrons. The summed E-state index contributed by atoms with van der Waals surface area (Å²) in [4.78, 5) is 49.7. The lowest BCUT2D eigenvalue weighted by Crippen LogP contribution is -2.50. The molecule has 3 aromatic rings. The fraction of sp³-hybridized carbons (Fsp3) is 0.172. The molecule has 39 heavy (non-hydrogen) atoms. The van der Waals surface area contributed by atoms with Crippen LogP contribution in [0, 0.1) is 20.2 Å². The molecule has 1 amide bonds. The van der Waals surface area contributed by atoms with E-state index >= 15 is 0 Å². The van der Waals surface area contributed by atoms with E-state index in [9.17, 15) is 29.8 Å². The number of carbonyl (C=O) groups is 2. The molecule has 1 aliphatic heterocycles. The van der Waals surface area contributed by atoms with Crippen LogP contribution in [0.4, 0.5) is 11.4 Å². The van der Waals surface area contributed by atoms with Crippen molar-refractivity contribution >= 4 is 35.2 Å². The highest BCUT2D eigenvalue weighted by atomic mass is 16.6. The molecule has 0 aromatic heterocycles. The number of benzene rings is 3. The normalized spacial score (nSPS) is 16.3. The van der Waals surface area contributed by atoms with Crippen LogP contribution in [-0.2, 0) is 16.0 Å². The number of likely N-dealkylation sites (N-methyl/N-ethyl adjacent to an activating group) is 1. The largest absolute Gasteiger partial charge is 0.332 e. The summed E-state index contributed by atoms with van der Waals surface area (Å²) in [6, 6.07) is 20.7. The van der Waals surface area contributed by atoms with E-state index in [1.54, 1.807) is 48.4 Å². The number of hydrogen-bond acceptors (Lipinski definition) is 7. The fourth-order valence-electron chi connectivity index (χ4n) is 4.37. The maximum atomic E-state index is 13.6. The monoisotopic (exact) mass is 526 g/mol. The smallest absolute Gasteiger partial charge is 0.269 e. The second-order valence-corrected chi connectivity index (χ2v) is 9.09. The number of amides is 1. The summed E-state index contributed by atoms with van der Waals surface area (Å²) in [5.41, 5.74) is 2.73. The highest BCUT2D eigenvalue weighted by Crippen LogP contribution is 2.25. The molecule has 1 atom stereocenters. The molecule has 10 heteroatoms. The summed E-state index contributed by atoms with van der Waals surface area (Å²) in [7, 11) is 1.71. The molecule has 1 saturated heterocycles. The van der Waals surface area contributed by atoms with Crippen molar-refractivity contribution in [2.75, 3.05) is 20.1 Å². The molecule has 10 nitrogen and oxygen atoms in total. The van der Waals surface area contributed by atoms with Crippen LogP contribution in [0.5, 0.6) is 0 Å². The van der Waals surface area contributed by atoms with E-state index in [-0.39, 0.29) is 36.2 Å². The Kier molecular flexibility index (Phi) is 8.37. The molecule has 0 unspecified atom stereocenters. The Morgan fingerprint density at radius 3 is 1.72 bits per heavy atom. The second kappa shape index (κ2) is 12.1. The number of rotatable bonds is 8. The fourth-order valence-corrected chi connectivity index (χ4v) is 4.37. The quantitative estimate of drug-likeness (QED) is 0.264. The molecular formula is C29H26N4O6. The highest BCUT2D eigenvalue weighted by Gasteiger charge is 2.32. The Balaban J connectivity index is 1.67. The summed E-state index contributed by atoms with van der Waals surface area (Å²) in [6.07, 6.45) is 3.71. The van der Waals surface area contributed by atoms with E-state index in [0.717, 1.165) is 5.56 Å². The average Bonchev–Trinajstić information content (AvgIpc) is 2.94. The van der Waals surface area contributed by atoms with Gasteiger partial charge in [-0.25, -0.2) is 0 Å². The summed E-state index contributed by atoms with van der Waals surface area (Å²) in [6.45, 7) is 0.137. The van der Waals surface area contributed by atoms with Gasteiger partial charge in [0.1, 0.15) is 0 Å². The Bertz CT molecular complexity index is 1370. The standard InChI is InChI=1S/C29H26N4O6/c1-30-27(17-20-5-3-2-4-6-20)29(35)31-18-23(15-21-7-11-25(12-8-21)32(36)37)28(34)24(19-31)16-22-9-13-26(14-10-22)33(38)39/h2-16,27,30H,17-19H2,1H3/b23-15+,24-16+/t27-/m1/s1. The minimum atomic E-state index is -0.526. The zero-order chi connectivity index (χ0) is 27.9. The maximum Gasteiger partial charge on any atom is 0.269 e. The topological polar surface area (TPSA) is 136 Å². The summed E-state index contributed by atoms with van der Waals surface area (Å²) in [5.74, 6) is -0.446. The zero-order valence-electron chi connectivity index (χ0n) is 21.2. The molecule has 1 fully saturated rings. The van der Waals surface area contributed by atoms with Crippen LogP contribution in [-0.4, -0.2) is 52.6 Å². The van der Waals surface area contributed by atoms with Crippen LogP contribution in [0.2, 0.25) is 0 Å². The SMILES string of the molecule is CN[C@H](Cc1ccccc1)C(=O)N1C/C(=C\c2ccc([N+](=O)[O-])cc2)C(=O)/C(=C/c2ccc([N+](=O)[O-])cc2)C1. The Labute approximate surface area is 224 Å². The van der Waals surface area contributed by atoms with Crippen molar-refractivity contribution in [2.24, 2.45) is 0 Å². The third-order valence-corrected chi connectivity index (χ3v) is 6.44. The van der Waals surface area contributed by atoms with Gasteiger partial charge in [0.15, 0.2) is 5.78 Å². The first-order chi connectivity index (χ1) is 18.7. The van der Waals surface area contributed by atoms with Crippen molar-refractivity contribution in [3.63, 3.8) is 0 Å². The average molecular weight is 527 g/mol. The molecule has 0 spiro atoms. The number of hydrogen-bond donors (Lipinski definition) is 1. The third-order valence-electron chi connectivity index (χ3n) is 6.44. The van der Waals surface area contributed by atoms with Gasteiger partial charge in [0.2, 0.25) is 5.91 Å². The van der Waals surface area contributed by atoms with Crippen molar-refractivity contribution in [1.82, 2.24) is 10.2 Å². The van der Waals surface area contributed by atoms with E-state index in [0.29, 0.717) is 28.7 Å². The van der Waals surface area contributed by atoms with Gasteiger partial charge in [0.05, 0.1) is 15.9 Å². The summed E-state index contributed by atoms with van der Waals surface area (Å²) < 4.78 is 0. The Hall–Kier alpha value is -4.96. The van der Waals surface area contributed by atoms with Gasteiger partial charge >= 0.3 is 0 Å². The van der Waals surface area contributed by atoms with Gasteiger partial charge in [0, 0.05) is 48.5 Å². The molecule has 198 valence electrons. The van der Waals surface area contributed by atoms with Gasteiger partial charge in [-0.15, -0.1) is 0 Å². The lowest BCUT2D eigenvalue weighted by Gasteiger charge is -2.32. The van der Waals surface area contributed by atoms with Crippen LogP contribution in [0.25, 0.3) is 12.2 Å². The molecule has 0 saturated carbocycles. The first kappa shape index (κ1) is 27.1. The van der Waals surface area contributed by atoms with Crippen molar-refractivity contribution in [2.45, 2.75) is 12.5 Å². The molecule has 4 rings (SSSR count). The zero-order valence-corrected chi connectivity index (χ0v) is 21.2. The molecule has 0 aliphatic carbocycles. The van der Waals surface area contributed by atoms with Crippen molar-refractivity contribution in [1.29, 1.82) is 0 Å². The summed E-state index contributed by atoms with van der Waals surface area (Å²) in [5, 5.41) is 25.1. The van der Waals surface area contributed by atoms with Crippen LogP contribution >= 0.6 is 0 Å². The van der Waals surface area contributed by atoms with E-state index < -0.39 is 15.9 Å². The molecular weight excluding hydrogens is 500 g/mol. The number of piperidine rings is 1. The highest BCUT2D eigenvalue weighted by molar-refractivity contribution is 6.15. The number of likely N-dealkylation sites (tertiary alicyclic amines) is 1. The molecule has 1 N–H and O–H groups in total. The summed E-state index contributed by atoms with van der Waals surface area (Å²) >= 11 is 0. The van der Waals surface area contributed by atoms with Crippen molar-refractivity contribution in [3.8, 4) is 0 Å². The van der Waals surface area contributed by atoms with Crippen LogP contribution < -0.4 is 5.32 Å². The van der Waals surface area contributed by atoms with Gasteiger partial charge in [-0.3, -0.25) is 29.8 Å². The lowest BCUT2D eigenvalue weighted by molar-refractivity contribution is -0.385. The number of nitro benzene ring substituents is 2. The molecule has 1 heterocycles. The number of ketones is 1. The third kappa shape index (κ3) is 6.68. The lowest BCUT2D eigenvalue weighted by atomic mass is 9.93. The molecule has 0 bridgehead atoms. The second-order valence-electron chi connectivity index (χ2n) is 9.09. The minimum Gasteiger partial charge on any atom is -0.332 e. The number of Topliss-reactive ketones (excluding diaryl/α,β-unsaturated/α-hetero) is 1. The molecule has 3 aromatic carbocycles. The van der Waals surface area contributed by atoms with Crippen molar-refractivity contribution in [3.05, 3.63) is 127 Å². The number of non-ortho nitro benzene ring substituents is 2. The van der Waals surface area contributed by atoms with E-state index in [2.05, 4.69) is 5.32 Å². The number of carbonyl (C=O) groups excluding carboxylic acids is 2. The van der Waals surface area contributed by atoms with Crippen LogP contribution in [0.1, 0.15) is 16.7 Å². The predicted octanol–water partition coefficient (Wildman–Crippen LogP) is 4.21. The van der Waals surface area contributed by atoms with Crippen molar-refractivity contribution < 1.29 is 19.4 Å². The number of nitro groups is 2. The van der Waals surface area contributed by atoms with Crippen LogP contribution in [0.15, 0.2) is 90.0 Å². The minimum absolute atomic E-state index is 0.0687. The first-order valence-corrected chi connectivity index (χ1v) is 12.2. The number of nitrogens with one attached hydrogen (secondary N) is 1. The molecule has 1 aliphatic rings.